The second-order valence-corrected chi connectivity index (χ2v) is 6.93. The number of ether oxygens (including phenoxy) is 2. The Morgan fingerprint density at radius 3 is 3.00 bits per heavy atom. The van der Waals surface area contributed by atoms with Gasteiger partial charge in [-0.05, 0) is 36.9 Å². The predicted octanol–water partition coefficient (Wildman–Crippen LogP) is 3.51. The van der Waals surface area contributed by atoms with Gasteiger partial charge in [0.05, 0.1) is 11.6 Å². The maximum Gasteiger partial charge on any atom is 0.412 e. The summed E-state index contributed by atoms with van der Waals surface area (Å²) in [6.45, 7) is 1.08. The van der Waals surface area contributed by atoms with E-state index in [9.17, 15) is 4.79 Å². The van der Waals surface area contributed by atoms with E-state index in [1.165, 1.54) is 7.05 Å². The van der Waals surface area contributed by atoms with Gasteiger partial charge in [0.1, 0.15) is 11.6 Å². The Labute approximate surface area is 172 Å². The van der Waals surface area contributed by atoms with Crippen LogP contribution in [0.15, 0.2) is 30.5 Å². The molecule has 0 spiro atoms. The molecule has 1 aromatic carbocycles. The molecule has 3 aromatic rings. The highest BCUT2D eigenvalue weighted by atomic mass is 35.5. The molecule has 2 N–H and O–H groups in total. The lowest BCUT2D eigenvalue weighted by Gasteiger charge is -2.23. The van der Waals surface area contributed by atoms with Crippen molar-refractivity contribution in [1.29, 1.82) is 0 Å². The van der Waals surface area contributed by atoms with E-state index in [1.54, 1.807) is 23.0 Å². The number of hydrogen-bond acceptors (Lipinski definition) is 7. The fourth-order valence-corrected chi connectivity index (χ4v) is 3.41. The Morgan fingerprint density at radius 1 is 1.34 bits per heavy atom. The van der Waals surface area contributed by atoms with Gasteiger partial charge in [0.25, 0.3) is 0 Å². The molecule has 1 amide bonds. The van der Waals surface area contributed by atoms with E-state index >= 15 is 0 Å². The standard InChI is InChI=1S/C19H21ClN6O3/c1-21-19(27)29-14-7-3-2-6-12(14)10-22-16-13-11-23-26(15-8-4-5-9-28-15)17(13)25-18(20)24-16/h2-3,6-7,11,15H,4-5,8-10H2,1H3,(H,21,27)(H,22,24,25). The number of amides is 1. The van der Waals surface area contributed by atoms with Crippen molar-refractivity contribution < 1.29 is 14.3 Å². The summed E-state index contributed by atoms with van der Waals surface area (Å²) in [6.07, 6.45) is 4.04. The molecule has 9 nitrogen and oxygen atoms in total. The molecule has 1 atom stereocenters. The van der Waals surface area contributed by atoms with E-state index < -0.39 is 6.09 Å². The maximum atomic E-state index is 11.6. The third-order valence-corrected chi connectivity index (χ3v) is 4.85. The number of rotatable bonds is 5. The first-order valence-corrected chi connectivity index (χ1v) is 9.77. The molecule has 1 unspecified atom stereocenters. The Hall–Kier alpha value is -2.91. The third-order valence-electron chi connectivity index (χ3n) is 4.68. The number of anilines is 1. The monoisotopic (exact) mass is 416 g/mol. The van der Waals surface area contributed by atoms with Gasteiger partial charge in [0.2, 0.25) is 5.28 Å². The molecule has 0 bridgehead atoms. The molecule has 1 aliphatic rings. The molecule has 0 saturated carbocycles. The molecule has 3 heterocycles. The summed E-state index contributed by atoms with van der Waals surface area (Å²) in [5.74, 6) is 1.01. The van der Waals surface area contributed by atoms with Gasteiger partial charge in [-0.3, -0.25) is 0 Å². The topological polar surface area (TPSA) is 103 Å². The zero-order valence-corrected chi connectivity index (χ0v) is 16.6. The van der Waals surface area contributed by atoms with Crippen molar-refractivity contribution >= 4 is 34.5 Å². The van der Waals surface area contributed by atoms with E-state index in [4.69, 9.17) is 21.1 Å². The second kappa shape index (κ2) is 8.62. The van der Waals surface area contributed by atoms with Crippen molar-refractivity contribution in [1.82, 2.24) is 25.1 Å². The first-order valence-electron chi connectivity index (χ1n) is 9.39. The number of fused-ring (bicyclic) bond motifs is 1. The lowest BCUT2D eigenvalue weighted by atomic mass is 10.2. The van der Waals surface area contributed by atoms with Gasteiger partial charge in [-0.2, -0.15) is 15.1 Å². The Kier molecular flexibility index (Phi) is 5.77. The zero-order valence-electron chi connectivity index (χ0n) is 15.9. The van der Waals surface area contributed by atoms with Crippen LogP contribution in [0.5, 0.6) is 5.75 Å². The summed E-state index contributed by atoms with van der Waals surface area (Å²) < 4.78 is 12.9. The molecule has 1 aliphatic heterocycles. The van der Waals surface area contributed by atoms with Crippen LogP contribution >= 0.6 is 11.6 Å². The molecule has 152 valence electrons. The van der Waals surface area contributed by atoms with Crippen LogP contribution < -0.4 is 15.4 Å². The van der Waals surface area contributed by atoms with Gasteiger partial charge in [0.15, 0.2) is 11.9 Å². The molecule has 2 aromatic heterocycles. The first-order chi connectivity index (χ1) is 14.2. The molecule has 1 saturated heterocycles. The highest BCUT2D eigenvalue weighted by molar-refractivity contribution is 6.28. The van der Waals surface area contributed by atoms with Crippen molar-refractivity contribution in [2.75, 3.05) is 19.0 Å². The highest BCUT2D eigenvalue weighted by Crippen LogP contribution is 2.29. The summed E-state index contributed by atoms with van der Waals surface area (Å²) >= 11 is 6.17. The van der Waals surface area contributed by atoms with Crippen molar-refractivity contribution in [2.45, 2.75) is 32.0 Å². The molecule has 0 radical (unpaired) electrons. The van der Waals surface area contributed by atoms with Crippen LogP contribution in [-0.4, -0.2) is 39.5 Å². The quantitative estimate of drug-likeness (QED) is 0.613. The molecule has 0 aliphatic carbocycles. The lowest BCUT2D eigenvalue weighted by molar-refractivity contribution is -0.0370. The van der Waals surface area contributed by atoms with Gasteiger partial charge in [-0.25, -0.2) is 9.48 Å². The van der Waals surface area contributed by atoms with Crippen LogP contribution in [0.25, 0.3) is 11.0 Å². The number of para-hydroxylation sites is 1. The van der Waals surface area contributed by atoms with E-state index in [-0.39, 0.29) is 11.5 Å². The minimum absolute atomic E-state index is 0.118. The number of carbonyl (C=O) groups is 1. The number of nitrogens with one attached hydrogen (secondary N) is 2. The van der Waals surface area contributed by atoms with Crippen LogP contribution in [0.2, 0.25) is 5.28 Å². The number of aromatic nitrogens is 4. The minimum Gasteiger partial charge on any atom is -0.410 e. The fraction of sp³-hybridized carbons (Fsp3) is 0.368. The molecule has 10 heteroatoms. The van der Waals surface area contributed by atoms with E-state index in [1.807, 2.05) is 12.1 Å². The van der Waals surface area contributed by atoms with Crippen molar-refractivity contribution in [2.24, 2.45) is 0 Å². The molecule has 4 rings (SSSR count). The van der Waals surface area contributed by atoms with E-state index in [2.05, 4.69) is 25.7 Å². The second-order valence-electron chi connectivity index (χ2n) is 6.59. The summed E-state index contributed by atoms with van der Waals surface area (Å²) in [7, 11) is 1.51. The molecular weight excluding hydrogens is 396 g/mol. The number of carbonyl (C=O) groups excluding carboxylic acids is 1. The zero-order chi connectivity index (χ0) is 20.2. The van der Waals surface area contributed by atoms with Crippen LogP contribution in [0.1, 0.15) is 31.1 Å². The Bertz CT molecular complexity index is 1020. The third kappa shape index (κ3) is 4.25. The average Bonchev–Trinajstić information content (AvgIpc) is 3.17. The number of halogens is 1. The number of hydrogen-bond donors (Lipinski definition) is 2. The van der Waals surface area contributed by atoms with Crippen molar-refractivity contribution in [3.63, 3.8) is 0 Å². The van der Waals surface area contributed by atoms with Crippen LogP contribution in [0, 0.1) is 0 Å². The minimum atomic E-state index is -0.529. The van der Waals surface area contributed by atoms with Crippen LogP contribution in [-0.2, 0) is 11.3 Å². The average molecular weight is 417 g/mol. The Balaban J connectivity index is 1.59. The van der Waals surface area contributed by atoms with Crippen molar-refractivity contribution in [3.05, 3.63) is 41.3 Å². The highest BCUT2D eigenvalue weighted by Gasteiger charge is 2.21. The Morgan fingerprint density at radius 2 is 2.21 bits per heavy atom. The first kappa shape index (κ1) is 19.4. The SMILES string of the molecule is CNC(=O)Oc1ccccc1CNc1nc(Cl)nc2c1cnn2C1CCCCO1. The smallest absolute Gasteiger partial charge is 0.410 e. The maximum absolute atomic E-state index is 11.6. The van der Waals surface area contributed by atoms with Gasteiger partial charge in [-0.15, -0.1) is 0 Å². The normalized spacial score (nSPS) is 16.6. The van der Waals surface area contributed by atoms with Crippen LogP contribution in [0.4, 0.5) is 10.6 Å². The largest absolute Gasteiger partial charge is 0.412 e. The summed E-state index contributed by atoms with van der Waals surface area (Å²) in [5, 5.41) is 11.0. The lowest BCUT2D eigenvalue weighted by Crippen LogP contribution is -2.22. The van der Waals surface area contributed by atoms with E-state index in [0.29, 0.717) is 30.4 Å². The van der Waals surface area contributed by atoms with Crippen LogP contribution in [0.3, 0.4) is 0 Å². The fourth-order valence-electron chi connectivity index (χ4n) is 3.24. The summed E-state index contributed by atoms with van der Waals surface area (Å²) in [5.41, 5.74) is 1.41. The predicted molar refractivity (Wildman–Crippen MR) is 108 cm³/mol. The van der Waals surface area contributed by atoms with Gasteiger partial charge in [0, 0.05) is 25.8 Å². The van der Waals surface area contributed by atoms with E-state index in [0.717, 1.165) is 30.2 Å². The molecular formula is C19H21ClN6O3. The van der Waals surface area contributed by atoms with Crippen molar-refractivity contribution in [3.8, 4) is 5.75 Å². The summed E-state index contributed by atoms with van der Waals surface area (Å²) in [6, 6.07) is 7.27. The number of nitrogens with zero attached hydrogens (tertiary/aromatic N) is 4. The van der Waals surface area contributed by atoms with Gasteiger partial charge >= 0.3 is 6.09 Å². The summed E-state index contributed by atoms with van der Waals surface area (Å²) in [4.78, 5) is 20.2. The van der Waals surface area contributed by atoms with Gasteiger partial charge < -0.3 is 20.1 Å². The number of benzene rings is 1. The molecule has 1 fully saturated rings. The van der Waals surface area contributed by atoms with Gasteiger partial charge in [-0.1, -0.05) is 18.2 Å². The molecule has 29 heavy (non-hydrogen) atoms.